The Bertz CT molecular complexity index is 813. The summed E-state index contributed by atoms with van der Waals surface area (Å²) in [5.41, 5.74) is 24.0. The lowest BCUT2D eigenvalue weighted by Gasteiger charge is -2.20. The Labute approximate surface area is 447 Å². The molecule has 0 spiro atoms. The van der Waals surface area contributed by atoms with Crippen molar-refractivity contribution in [2.45, 2.75) is 162 Å². The minimum atomic E-state index is -0.167. The first kappa shape index (κ1) is 138. The molecule has 1 amide bonds. The highest BCUT2D eigenvalue weighted by Crippen LogP contribution is 2.04. The van der Waals surface area contributed by atoms with E-state index in [1.807, 2.05) is 78.3 Å². The number of ether oxygens (including phenoxy) is 1. The quantitative estimate of drug-likeness (QED) is 0.125. The topological polar surface area (TPSA) is 421 Å². The average molecular weight is 1060 g/mol. The van der Waals surface area contributed by atoms with Crippen LogP contribution in [0.15, 0.2) is 42.5 Å². The van der Waals surface area contributed by atoms with Crippen LogP contribution >= 0.6 is 0 Å². The molecule has 0 radical (unpaired) electrons. The van der Waals surface area contributed by atoms with Crippen LogP contribution in [-0.2, 0) is 54.3 Å². The number of aliphatic hydroxyl groups excluding tert-OH is 1. The molecule has 0 unspecified atom stereocenters. The molecule has 0 aromatic heterocycles. The summed E-state index contributed by atoms with van der Waals surface area (Å²) in [5.74, 6) is 2.83. The van der Waals surface area contributed by atoms with Gasteiger partial charge < -0.3 is 100 Å². The number of aryl methyl sites for hydroxylation is 1. The summed E-state index contributed by atoms with van der Waals surface area (Å²) >= 11 is 0. The summed E-state index contributed by atoms with van der Waals surface area (Å²) < 4.78 is 5.23. The lowest BCUT2D eigenvalue weighted by atomic mass is 10.2. The van der Waals surface area contributed by atoms with Crippen LogP contribution in [0.5, 0.6) is 0 Å². The molecule has 1 heterocycles. The summed E-state index contributed by atoms with van der Waals surface area (Å²) in [6, 6.07) is 10.5. The molecule has 1 aliphatic rings. The molecule has 72 heavy (non-hydrogen) atoms. The first-order valence-corrected chi connectivity index (χ1v) is 22.3. The van der Waals surface area contributed by atoms with Gasteiger partial charge in [-0.25, -0.2) is 0 Å². The van der Waals surface area contributed by atoms with Gasteiger partial charge in [-0.2, -0.15) is 0 Å². The van der Waals surface area contributed by atoms with Crippen LogP contribution in [-0.4, -0.2) is 137 Å². The summed E-state index contributed by atoms with van der Waals surface area (Å²) in [6.45, 7) is 53.8. The number of carbonyl (C=O) groups excluding carboxylic acids is 9. The number of carbonyl (C=O) groups is 9. The van der Waals surface area contributed by atoms with Crippen molar-refractivity contribution in [2.24, 2.45) is 46.4 Å². The van der Waals surface area contributed by atoms with Gasteiger partial charge in [0, 0.05) is 34.2 Å². The Balaban J connectivity index is -0.0000000193. The molecule has 450 valence electrons. The fourth-order valence-corrected chi connectivity index (χ4v) is 2.07. The zero-order chi connectivity index (χ0) is 60.9. The number of hydrogen-bond donors (Lipinski definition) is 9. The van der Waals surface area contributed by atoms with Gasteiger partial charge in [0.1, 0.15) is 54.3 Å². The average Bonchev–Trinajstić information content (AvgIpc) is 3.42. The maximum absolute atomic E-state index is 10.7. The highest BCUT2D eigenvalue weighted by molar-refractivity contribution is 5.73. The second kappa shape index (κ2) is 193. The van der Waals surface area contributed by atoms with Gasteiger partial charge in [0.25, 0.3) is 0 Å². The van der Waals surface area contributed by atoms with Crippen molar-refractivity contribution in [3.05, 3.63) is 48.0 Å². The SMILES string of the molecule is C=O.C=O.C=O.C=O.C=O.C=O.C=O.C=O.CC(=O)N1CC=CCC1.CC(C)O.CCC(C)C.CCC(C)C.CCC(C)C.CCOC(C)(C)C.CCc1ccccc1.CN.CN.CN.CN.CN.N.N.N.[HH]. The van der Waals surface area contributed by atoms with Gasteiger partial charge in [-0.1, -0.05) is 131 Å². The fraction of sp³-hybridized carbons (Fsp3) is 0.673. The molecule has 20 heteroatoms. The molecule has 0 saturated heterocycles. The summed E-state index contributed by atoms with van der Waals surface area (Å²) in [7, 11) is 7.50. The number of nitrogens with zero attached hydrogens (tertiary/aromatic N) is 1. The molecule has 1 aromatic carbocycles. The van der Waals surface area contributed by atoms with E-state index in [0.717, 1.165) is 50.3 Å². The van der Waals surface area contributed by atoms with E-state index in [0.29, 0.717) is 0 Å². The number of benzene rings is 1. The molecule has 2 rings (SSSR count). The summed E-state index contributed by atoms with van der Waals surface area (Å²) in [5, 5.41) is 8.06. The van der Waals surface area contributed by atoms with Gasteiger partial charge in [0.15, 0.2) is 0 Å². The van der Waals surface area contributed by atoms with Gasteiger partial charge in [0.2, 0.25) is 5.91 Å². The van der Waals surface area contributed by atoms with E-state index in [9.17, 15) is 4.79 Å². The van der Waals surface area contributed by atoms with Gasteiger partial charge in [-0.3, -0.25) is 4.79 Å². The summed E-state index contributed by atoms with van der Waals surface area (Å²) in [6.07, 6.45) is 10.0. The van der Waals surface area contributed by atoms with Crippen LogP contribution < -0.4 is 47.1 Å². The lowest BCUT2D eigenvalue weighted by molar-refractivity contribution is -0.128. The van der Waals surface area contributed by atoms with E-state index in [-0.39, 0.29) is 37.5 Å². The van der Waals surface area contributed by atoms with E-state index in [1.54, 1.807) is 20.8 Å². The van der Waals surface area contributed by atoms with Crippen molar-refractivity contribution in [3.8, 4) is 0 Å². The van der Waals surface area contributed by atoms with Crippen LogP contribution in [0.2, 0.25) is 0 Å². The van der Waals surface area contributed by atoms with Crippen LogP contribution in [0.1, 0.15) is 150 Å². The third-order valence-electron chi connectivity index (χ3n) is 5.78. The number of aliphatic hydroxyl groups is 1. The monoisotopic (exact) mass is 1060 g/mol. The number of hydrogen-bond acceptors (Lipinski definition) is 19. The van der Waals surface area contributed by atoms with Crippen LogP contribution in [0.3, 0.4) is 0 Å². The van der Waals surface area contributed by atoms with Crippen molar-refractivity contribution in [2.75, 3.05) is 54.9 Å². The zero-order valence-corrected chi connectivity index (χ0v) is 51.1. The van der Waals surface area contributed by atoms with Crippen LogP contribution in [0, 0.1) is 17.8 Å². The molecular formula is C52H131N9O11. The predicted octanol–water partition coefficient (Wildman–Crippen LogP) is 8.54. The number of amides is 1. The standard InChI is InChI=1S/C8H10.C7H11NO.C6H14O.3C5H12.C3H8O.5CH5N.8CH2O.3H3N.H2/c1-2-8-6-4-3-5-7-8;1-7(9)8-5-3-2-4-6-8;1-5-7-6(2,3)4;3*1-4-5(2)3;1-3(2)4;13*1-2;;;;/h3-7H,2H2,1H3;2-3H,4-6H2,1H3;5H2,1-4H3;3*5H,4H2,1-3H3;3-4H,1-2H3;5*2H2,1H3;8*1H2;3*1H3;1H. The normalized spacial score (nSPS) is 7.81. The van der Waals surface area contributed by atoms with E-state index >= 15 is 0 Å². The maximum atomic E-state index is 10.7. The van der Waals surface area contributed by atoms with Crippen molar-refractivity contribution in [3.63, 3.8) is 0 Å². The Morgan fingerprint density at radius 2 is 0.778 bits per heavy atom. The Morgan fingerprint density at radius 3 is 0.861 bits per heavy atom. The molecule has 0 fully saturated rings. The predicted molar refractivity (Wildman–Crippen MR) is 321 cm³/mol. The van der Waals surface area contributed by atoms with Crippen LogP contribution in [0.25, 0.3) is 0 Å². The van der Waals surface area contributed by atoms with E-state index in [2.05, 4.69) is 149 Å². The Morgan fingerprint density at radius 1 is 0.556 bits per heavy atom. The minimum absolute atomic E-state index is 0. The molecule has 0 bridgehead atoms. The maximum Gasteiger partial charge on any atom is 0.219 e. The molecule has 20 nitrogen and oxygen atoms in total. The van der Waals surface area contributed by atoms with Gasteiger partial charge in [-0.05, 0) is 113 Å². The largest absolute Gasteiger partial charge is 0.394 e. The molecule has 0 atom stereocenters. The summed E-state index contributed by atoms with van der Waals surface area (Å²) in [4.78, 5) is 76.5. The number of rotatable bonds is 5. The Hall–Kier alpha value is -4.61. The zero-order valence-electron chi connectivity index (χ0n) is 51.1. The van der Waals surface area contributed by atoms with Gasteiger partial charge >= 0.3 is 0 Å². The van der Waals surface area contributed by atoms with Crippen molar-refractivity contribution < 1.29 is 54.4 Å². The van der Waals surface area contributed by atoms with Crippen molar-refractivity contribution >= 4 is 60.2 Å². The molecule has 1 aromatic rings. The fourth-order valence-electron chi connectivity index (χ4n) is 2.07. The number of nitrogens with two attached hydrogens (primary N) is 5. The van der Waals surface area contributed by atoms with E-state index < -0.39 is 0 Å². The third kappa shape index (κ3) is 361. The molecule has 1 aliphatic heterocycles. The first-order chi connectivity index (χ1) is 32.8. The Kier molecular flexibility index (Phi) is 369. The third-order valence-corrected chi connectivity index (χ3v) is 5.78. The molecular weight excluding hydrogens is 927 g/mol. The van der Waals surface area contributed by atoms with E-state index in [1.165, 1.54) is 60.1 Å². The lowest BCUT2D eigenvalue weighted by Crippen LogP contribution is -2.31. The van der Waals surface area contributed by atoms with Gasteiger partial charge in [-0.15, -0.1) is 0 Å². The highest BCUT2D eigenvalue weighted by atomic mass is 16.5. The second-order valence-corrected chi connectivity index (χ2v) is 13.1. The van der Waals surface area contributed by atoms with Crippen molar-refractivity contribution in [1.29, 1.82) is 0 Å². The molecule has 20 N–H and O–H groups in total. The van der Waals surface area contributed by atoms with E-state index in [4.69, 9.17) is 48.2 Å². The second-order valence-electron chi connectivity index (χ2n) is 13.1. The van der Waals surface area contributed by atoms with Crippen molar-refractivity contribution in [1.82, 2.24) is 23.4 Å². The smallest absolute Gasteiger partial charge is 0.219 e. The van der Waals surface area contributed by atoms with Gasteiger partial charge in [0.05, 0.1) is 5.60 Å². The van der Waals surface area contributed by atoms with Crippen LogP contribution in [0.4, 0.5) is 0 Å². The molecule has 0 aliphatic carbocycles. The highest BCUT2D eigenvalue weighted by Gasteiger charge is 2.07. The first-order valence-electron chi connectivity index (χ1n) is 22.3. The molecule has 0 saturated carbocycles. The minimum Gasteiger partial charge on any atom is -0.394 e.